The Morgan fingerprint density at radius 1 is 1.23 bits per heavy atom. The summed E-state index contributed by atoms with van der Waals surface area (Å²) < 4.78 is 7.34. The molecule has 7 rings (SSSR count). The maximum atomic E-state index is 13.5. The molecule has 188 valence electrons. The van der Waals surface area contributed by atoms with Crippen LogP contribution in [0.25, 0.3) is 0 Å². The van der Waals surface area contributed by atoms with Crippen LogP contribution in [0.4, 0.5) is 5.82 Å². The number of carbonyl (C=O) groups excluding carboxylic acids is 1. The molecule has 4 bridgehead atoms. The molecule has 1 amide bonds. The van der Waals surface area contributed by atoms with Gasteiger partial charge in [0.2, 0.25) is 5.91 Å². The second kappa shape index (κ2) is 8.34. The highest BCUT2D eigenvalue weighted by Crippen LogP contribution is 2.65. The van der Waals surface area contributed by atoms with E-state index in [1.807, 2.05) is 28.6 Å². The van der Waals surface area contributed by atoms with E-state index in [0.29, 0.717) is 24.0 Å². The maximum Gasteiger partial charge on any atom is 0.408 e. The predicted molar refractivity (Wildman–Crippen MR) is 129 cm³/mol. The number of halogens is 1. The highest BCUT2D eigenvalue weighted by atomic mass is 35.5. The highest BCUT2D eigenvalue weighted by molar-refractivity contribution is 6.33. The number of carbonyl (C=O) groups is 1. The molecule has 9 nitrogen and oxygen atoms in total. The van der Waals surface area contributed by atoms with E-state index in [-0.39, 0.29) is 27.7 Å². The number of aromatic nitrogens is 2. The lowest BCUT2D eigenvalue weighted by atomic mass is 9.46. The Balaban J connectivity index is 1.17. The van der Waals surface area contributed by atoms with Gasteiger partial charge in [-0.15, -0.1) is 0 Å². The third-order valence-corrected chi connectivity index (χ3v) is 9.45. The number of amides is 1. The van der Waals surface area contributed by atoms with E-state index in [9.17, 15) is 14.9 Å². The van der Waals surface area contributed by atoms with Crippen LogP contribution in [0.5, 0.6) is 0 Å². The van der Waals surface area contributed by atoms with Gasteiger partial charge >= 0.3 is 5.82 Å². The van der Waals surface area contributed by atoms with Crippen molar-refractivity contribution < 1.29 is 14.1 Å². The molecule has 4 aliphatic carbocycles. The Hall–Kier alpha value is -2.39. The van der Waals surface area contributed by atoms with Crippen LogP contribution in [0.2, 0.25) is 5.02 Å². The van der Waals surface area contributed by atoms with E-state index in [1.165, 1.54) is 6.42 Å². The normalized spacial score (nSPS) is 32.3. The Bertz CT molecular complexity index is 1120. The number of furan rings is 1. The third kappa shape index (κ3) is 3.96. The van der Waals surface area contributed by atoms with Gasteiger partial charge in [-0.25, -0.2) is 0 Å². The van der Waals surface area contributed by atoms with Crippen LogP contribution in [-0.2, 0) is 16.9 Å². The fraction of sp³-hybridized carbons (Fsp3) is 0.680. The fourth-order valence-electron chi connectivity index (χ4n) is 8.11. The lowest BCUT2D eigenvalue weighted by molar-refractivity contribution is -0.389. The number of nitro groups is 1. The maximum absolute atomic E-state index is 13.5. The zero-order valence-electron chi connectivity index (χ0n) is 20.1. The van der Waals surface area contributed by atoms with Crippen LogP contribution in [0.1, 0.15) is 56.4 Å². The minimum atomic E-state index is -0.489. The number of nitrogens with zero attached hydrogens (tertiary/aromatic N) is 5. The van der Waals surface area contributed by atoms with E-state index >= 15 is 0 Å². The number of piperazine rings is 1. The summed E-state index contributed by atoms with van der Waals surface area (Å²) in [5.41, 5.74) is 0.356. The zero-order valence-corrected chi connectivity index (χ0v) is 20.9. The van der Waals surface area contributed by atoms with Gasteiger partial charge in [0.25, 0.3) is 0 Å². The molecule has 0 N–H and O–H groups in total. The first-order valence-corrected chi connectivity index (χ1v) is 13.1. The van der Waals surface area contributed by atoms with Crippen LogP contribution < -0.4 is 0 Å². The SMILES string of the molecule is Cc1c(Cl)c([N+](=O)[O-])nn1C12CC3CC(CC(CC(=O)N4CCN(Cc5ccco5)CC4)(C3)C1)C2. The Kier molecular flexibility index (Phi) is 5.49. The zero-order chi connectivity index (χ0) is 24.4. The van der Waals surface area contributed by atoms with Gasteiger partial charge in [0.1, 0.15) is 5.76 Å². The van der Waals surface area contributed by atoms with Crippen LogP contribution in [0.3, 0.4) is 0 Å². The molecule has 0 spiro atoms. The second-order valence-electron chi connectivity index (χ2n) is 11.5. The van der Waals surface area contributed by atoms with Crippen molar-refractivity contribution in [1.82, 2.24) is 19.6 Å². The summed E-state index contributed by atoms with van der Waals surface area (Å²) in [6.07, 6.45) is 8.41. The van der Waals surface area contributed by atoms with Gasteiger partial charge in [-0.2, -0.15) is 4.68 Å². The van der Waals surface area contributed by atoms with Crippen molar-refractivity contribution in [3.05, 3.63) is 45.0 Å². The smallest absolute Gasteiger partial charge is 0.408 e. The molecule has 1 aliphatic heterocycles. The van der Waals surface area contributed by atoms with Crippen molar-refractivity contribution in [3.8, 4) is 0 Å². The molecule has 5 aliphatic rings. The van der Waals surface area contributed by atoms with E-state index in [0.717, 1.165) is 70.6 Å². The van der Waals surface area contributed by atoms with Gasteiger partial charge < -0.3 is 19.4 Å². The van der Waals surface area contributed by atoms with Gasteiger partial charge in [0.05, 0.1) is 29.1 Å². The first kappa shape index (κ1) is 23.0. The highest BCUT2D eigenvalue weighted by Gasteiger charge is 2.61. The van der Waals surface area contributed by atoms with Gasteiger partial charge in [-0.3, -0.25) is 9.69 Å². The first-order valence-electron chi connectivity index (χ1n) is 12.7. The number of hydrogen-bond donors (Lipinski definition) is 0. The first-order chi connectivity index (χ1) is 16.8. The molecule has 0 radical (unpaired) electrons. The average Bonchev–Trinajstić information content (AvgIpc) is 3.41. The van der Waals surface area contributed by atoms with Crippen LogP contribution in [0.15, 0.2) is 22.8 Å². The molecule has 3 heterocycles. The van der Waals surface area contributed by atoms with Crippen molar-refractivity contribution in [3.63, 3.8) is 0 Å². The van der Waals surface area contributed by atoms with Gasteiger partial charge in [-0.05, 0) is 79.8 Å². The molecule has 0 aromatic carbocycles. The molecule has 10 heteroatoms. The molecule has 2 atom stereocenters. The predicted octanol–water partition coefficient (Wildman–Crippen LogP) is 4.38. The molecular formula is C25H32ClN5O4. The molecule has 2 unspecified atom stereocenters. The summed E-state index contributed by atoms with van der Waals surface area (Å²) in [6.45, 7) is 5.80. The molecule has 2 aromatic rings. The Morgan fingerprint density at radius 2 is 1.94 bits per heavy atom. The van der Waals surface area contributed by atoms with Crippen LogP contribution in [-0.4, -0.2) is 56.6 Å². The van der Waals surface area contributed by atoms with Crippen LogP contribution >= 0.6 is 11.6 Å². The minimum absolute atomic E-state index is 0.0495. The molecule has 35 heavy (non-hydrogen) atoms. The topological polar surface area (TPSA) is 97.6 Å². The summed E-state index contributed by atoms with van der Waals surface area (Å²) >= 11 is 6.33. The lowest BCUT2D eigenvalue weighted by Gasteiger charge is -2.61. The van der Waals surface area contributed by atoms with Crippen LogP contribution in [0, 0.1) is 34.3 Å². The summed E-state index contributed by atoms with van der Waals surface area (Å²) in [7, 11) is 0. The molecular weight excluding hydrogens is 470 g/mol. The van der Waals surface area contributed by atoms with E-state index in [4.69, 9.17) is 16.0 Å². The van der Waals surface area contributed by atoms with E-state index in [2.05, 4.69) is 10.00 Å². The number of rotatable bonds is 6. The fourth-order valence-corrected chi connectivity index (χ4v) is 8.30. The van der Waals surface area contributed by atoms with Gasteiger partial charge in [-0.1, -0.05) is 11.6 Å². The van der Waals surface area contributed by atoms with Crippen molar-refractivity contribution >= 4 is 23.3 Å². The molecule has 4 saturated carbocycles. The van der Waals surface area contributed by atoms with E-state index < -0.39 is 4.92 Å². The summed E-state index contributed by atoms with van der Waals surface area (Å²) in [4.78, 5) is 28.9. The molecule has 1 saturated heterocycles. The molecule has 5 fully saturated rings. The Labute approximate surface area is 209 Å². The standard InChI is InChI=1S/C25H32ClN5O4/c1-17-22(26)23(31(33)34)27-30(17)25-12-18-9-19(13-25)11-24(10-18,16-25)14-21(32)29-6-4-28(5-7-29)15-20-3-2-8-35-20/h2-3,8,18-19H,4-7,9-16H2,1H3. The van der Waals surface area contributed by atoms with E-state index in [1.54, 1.807) is 6.26 Å². The second-order valence-corrected chi connectivity index (χ2v) is 11.9. The lowest BCUT2D eigenvalue weighted by Crippen LogP contribution is -2.58. The van der Waals surface area contributed by atoms with Crippen molar-refractivity contribution in [1.29, 1.82) is 0 Å². The monoisotopic (exact) mass is 501 g/mol. The molecule has 2 aromatic heterocycles. The van der Waals surface area contributed by atoms with Crippen molar-refractivity contribution in [2.75, 3.05) is 26.2 Å². The van der Waals surface area contributed by atoms with Gasteiger partial charge in [0.15, 0.2) is 5.02 Å². The number of hydrogen-bond acceptors (Lipinski definition) is 6. The van der Waals surface area contributed by atoms with Crippen molar-refractivity contribution in [2.24, 2.45) is 17.3 Å². The van der Waals surface area contributed by atoms with Crippen molar-refractivity contribution in [2.45, 2.75) is 64.0 Å². The minimum Gasteiger partial charge on any atom is -0.468 e. The third-order valence-electron chi connectivity index (χ3n) is 9.01. The summed E-state index contributed by atoms with van der Waals surface area (Å²) in [5, 5.41) is 16.1. The summed E-state index contributed by atoms with van der Waals surface area (Å²) in [6, 6.07) is 3.90. The largest absolute Gasteiger partial charge is 0.468 e. The Morgan fingerprint density at radius 3 is 2.54 bits per heavy atom. The average molecular weight is 502 g/mol. The summed E-state index contributed by atoms with van der Waals surface area (Å²) in [5.74, 6) is 2.03. The quantitative estimate of drug-likeness (QED) is 0.430. The van der Waals surface area contributed by atoms with Gasteiger partial charge in [0, 0.05) is 32.6 Å².